The molecule has 0 unspecified atom stereocenters. The average Bonchev–Trinajstić information content (AvgIpc) is 1.12. The fourth-order valence-electron chi connectivity index (χ4n) is 0. The third-order valence-electron chi connectivity index (χ3n) is 0. The van der Waals surface area contributed by atoms with E-state index in [1.54, 1.807) is 0 Å². The van der Waals surface area contributed by atoms with Crippen LogP contribution in [-0.4, -0.2) is 46.0 Å². The predicted octanol–water partition coefficient (Wildman–Crippen LogP) is -1.69. The molecular formula is H4O8S2Si. The van der Waals surface area contributed by atoms with Crippen molar-refractivity contribution in [2.75, 3.05) is 0 Å². The fraction of sp³-hybridized carbons (Fsp3) is 0. The third-order valence-corrected chi connectivity index (χ3v) is 0. The minimum absolute atomic E-state index is 0. The zero-order valence-corrected chi connectivity index (χ0v) is 7.37. The van der Waals surface area contributed by atoms with Crippen LogP contribution in [0, 0.1) is 0 Å². The van der Waals surface area contributed by atoms with Crippen LogP contribution in [0.25, 0.3) is 0 Å². The molecule has 11 heteroatoms. The van der Waals surface area contributed by atoms with Crippen molar-refractivity contribution in [3.63, 3.8) is 0 Å². The largest absolute Gasteiger partial charge is 0.394 e. The molecule has 0 aromatic heterocycles. The molecule has 0 saturated heterocycles. The first-order valence-corrected chi connectivity index (χ1v) is 4.19. The van der Waals surface area contributed by atoms with E-state index >= 15 is 0 Å². The average molecular weight is 224 g/mol. The van der Waals surface area contributed by atoms with Gasteiger partial charge in [0.25, 0.3) is 0 Å². The molecule has 4 radical (unpaired) electrons. The molecule has 8 nitrogen and oxygen atoms in total. The van der Waals surface area contributed by atoms with E-state index in [2.05, 4.69) is 0 Å². The van der Waals surface area contributed by atoms with Crippen LogP contribution in [0.15, 0.2) is 0 Å². The molecule has 0 aromatic carbocycles. The molecule has 0 atom stereocenters. The summed E-state index contributed by atoms with van der Waals surface area (Å²) in [7, 11) is -9.33. The van der Waals surface area contributed by atoms with Crippen molar-refractivity contribution in [3.8, 4) is 0 Å². The molecule has 68 valence electrons. The standard InChI is InChI=1S/2H2O4S.Si/c2*1-5(2,3)4;/h2*(H2,1,2,3,4);. The fourth-order valence-corrected chi connectivity index (χ4v) is 0. The van der Waals surface area contributed by atoms with Gasteiger partial charge in [-0.1, -0.05) is 0 Å². The maximum atomic E-state index is 8.74. The summed E-state index contributed by atoms with van der Waals surface area (Å²) in [6.45, 7) is 0. The molecule has 0 bridgehead atoms. The predicted molar refractivity (Wildman–Crippen MR) is 34.1 cm³/mol. The lowest BCUT2D eigenvalue weighted by Crippen LogP contribution is -1.89. The van der Waals surface area contributed by atoms with Gasteiger partial charge in [-0.3, -0.25) is 18.2 Å². The highest BCUT2D eigenvalue weighted by molar-refractivity contribution is 7.80. The summed E-state index contributed by atoms with van der Waals surface area (Å²) >= 11 is 0. The van der Waals surface area contributed by atoms with E-state index in [4.69, 9.17) is 35.0 Å². The Bertz CT molecular complexity index is 208. The van der Waals surface area contributed by atoms with Crippen molar-refractivity contribution < 1.29 is 35.0 Å². The van der Waals surface area contributed by atoms with E-state index in [1.165, 1.54) is 0 Å². The van der Waals surface area contributed by atoms with Crippen molar-refractivity contribution in [3.05, 3.63) is 0 Å². The summed E-state index contributed by atoms with van der Waals surface area (Å²) in [5, 5.41) is 0. The van der Waals surface area contributed by atoms with Gasteiger partial charge in [-0.15, -0.1) is 0 Å². The summed E-state index contributed by atoms with van der Waals surface area (Å²) in [6, 6.07) is 0. The van der Waals surface area contributed by atoms with Crippen molar-refractivity contribution in [2.45, 2.75) is 0 Å². The van der Waals surface area contributed by atoms with Gasteiger partial charge in [-0.25, -0.2) is 0 Å². The van der Waals surface area contributed by atoms with Crippen LogP contribution < -0.4 is 0 Å². The van der Waals surface area contributed by atoms with E-state index in [-0.39, 0.29) is 11.0 Å². The molecule has 0 fully saturated rings. The summed E-state index contributed by atoms with van der Waals surface area (Å²) in [5.74, 6) is 0. The first kappa shape index (κ1) is 17.2. The normalized spacial score (nSPS) is 10.5. The Labute approximate surface area is 67.4 Å². The molecule has 0 heterocycles. The number of hydrogen-bond acceptors (Lipinski definition) is 4. The van der Waals surface area contributed by atoms with E-state index in [0.717, 1.165) is 0 Å². The van der Waals surface area contributed by atoms with Gasteiger partial charge >= 0.3 is 20.8 Å². The molecule has 4 N–H and O–H groups in total. The first-order chi connectivity index (χ1) is 4.00. The Hall–Kier alpha value is -0.0431. The van der Waals surface area contributed by atoms with Crippen LogP contribution in [0.4, 0.5) is 0 Å². The van der Waals surface area contributed by atoms with Gasteiger partial charge in [0.15, 0.2) is 0 Å². The van der Waals surface area contributed by atoms with E-state index < -0.39 is 20.8 Å². The van der Waals surface area contributed by atoms with Gasteiger partial charge in [0.2, 0.25) is 0 Å². The third kappa shape index (κ3) is 339000. The molecule has 0 spiro atoms. The summed E-state index contributed by atoms with van der Waals surface area (Å²) in [4.78, 5) is 0. The van der Waals surface area contributed by atoms with Crippen LogP contribution >= 0.6 is 0 Å². The molecule has 0 aromatic rings. The molecule has 11 heavy (non-hydrogen) atoms. The molecule has 0 saturated carbocycles. The van der Waals surface area contributed by atoms with Crippen molar-refractivity contribution in [1.82, 2.24) is 0 Å². The maximum absolute atomic E-state index is 8.74. The van der Waals surface area contributed by atoms with Crippen LogP contribution in [0.3, 0.4) is 0 Å². The number of rotatable bonds is 0. The van der Waals surface area contributed by atoms with Gasteiger partial charge in [-0.05, 0) is 0 Å². The monoisotopic (exact) mass is 224 g/mol. The van der Waals surface area contributed by atoms with Crippen molar-refractivity contribution in [2.24, 2.45) is 0 Å². The first-order valence-electron chi connectivity index (χ1n) is 1.40. The summed E-state index contributed by atoms with van der Waals surface area (Å²) in [5.41, 5.74) is 0. The van der Waals surface area contributed by atoms with Gasteiger partial charge in [-0.2, -0.15) is 16.8 Å². The molecule has 0 aliphatic heterocycles. The Morgan fingerprint density at radius 2 is 0.636 bits per heavy atom. The van der Waals surface area contributed by atoms with Gasteiger partial charge < -0.3 is 0 Å². The van der Waals surface area contributed by atoms with Crippen molar-refractivity contribution >= 4 is 31.8 Å². The van der Waals surface area contributed by atoms with Crippen LogP contribution in [-0.2, 0) is 20.8 Å². The van der Waals surface area contributed by atoms with Gasteiger partial charge in [0.1, 0.15) is 0 Å². The van der Waals surface area contributed by atoms with Crippen LogP contribution in [0.2, 0.25) is 0 Å². The molecule has 0 rings (SSSR count). The lowest BCUT2D eigenvalue weighted by Gasteiger charge is -1.68. The highest BCUT2D eigenvalue weighted by Crippen LogP contribution is 1.59. The molecular weight excluding hydrogens is 220 g/mol. The zero-order valence-electron chi connectivity index (χ0n) is 4.74. The van der Waals surface area contributed by atoms with E-state index in [9.17, 15) is 0 Å². The summed E-state index contributed by atoms with van der Waals surface area (Å²) in [6.07, 6.45) is 0. The Balaban J connectivity index is -0.000000107. The quantitative estimate of drug-likeness (QED) is 0.281. The Morgan fingerprint density at radius 1 is 0.636 bits per heavy atom. The topological polar surface area (TPSA) is 149 Å². The van der Waals surface area contributed by atoms with Crippen LogP contribution in [0.5, 0.6) is 0 Å². The lowest BCUT2D eigenvalue weighted by atomic mass is 15.8. The minimum atomic E-state index is -4.67. The second kappa shape index (κ2) is 5.59. The second-order valence-electron chi connectivity index (χ2n) is 0.896. The maximum Gasteiger partial charge on any atom is 0.394 e. The number of hydrogen-bond donors (Lipinski definition) is 4. The second-order valence-corrected chi connectivity index (χ2v) is 2.69. The van der Waals surface area contributed by atoms with Crippen molar-refractivity contribution in [1.29, 1.82) is 0 Å². The Kier molecular flexibility index (Phi) is 8.71. The molecule has 0 aliphatic carbocycles. The lowest BCUT2D eigenvalue weighted by molar-refractivity contribution is 0.378. The highest BCUT2D eigenvalue weighted by atomic mass is 32.3. The SMILES string of the molecule is O=S(=O)(O)O.O=S(=O)(O)O.[Si]. The minimum Gasteiger partial charge on any atom is -0.264 e. The molecule has 0 amide bonds. The molecule has 0 aliphatic rings. The van der Waals surface area contributed by atoms with Gasteiger partial charge in [0, 0.05) is 11.0 Å². The van der Waals surface area contributed by atoms with Gasteiger partial charge in [0.05, 0.1) is 0 Å². The van der Waals surface area contributed by atoms with E-state index in [0.29, 0.717) is 0 Å². The van der Waals surface area contributed by atoms with E-state index in [1.807, 2.05) is 0 Å². The highest BCUT2D eigenvalue weighted by Gasteiger charge is 1.85. The summed E-state index contributed by atoms with van der Waals surface area (Å²) < 4.78 is 63.2. The van der Waals surface area contributed by atoms with Crippen LogP contribution in [0.1, 0.15) is 0 Å². The Morgan fingerprint density at radius 3 is 0.636 bits per heavy atom. The smallest absolute Gasteiger partial charge is 0.264 e. The zero-order chi connectivity index (χ0) is 9.00.